The van der Waals surface area contributed by atoms with Crippen LogP contribution in [0.2, 0.25) is 0 Å². The largest absolute Gasteiger partial charge is 0.497 e. The molecule has 1 aliphatic rings. The third kappa shape index (κ3) is 2.38. The molecular formula is C20H16O. The van der Waals surface area contributed by atoms with Gasteiger partial charge in [-0.1, -0.05) is 53.4 Å². The normalized spacial score (nSPS) is 14.4. The van der Waals surface area contributed by atoms with E-state index in [4.69, 9.17) is 4.74 Å². The molecule has 0 saturated carbocycles. The minimum atomic E-state index is -0.344. The molecule has 0 aliphatic heterocycles. The Morgan fingerprint density at radius 3 is 2.24 bits per heavy atom. The molecule has 2 aromatic carbocycles. The Hall–Kier alpha value is -2.68. The molecule has 1 aliphatic carbocycles. The predicted octanol–water partition coefficient (Wildman–Crippen LogP) is 4.32. The molecule has 0 saturated heterocycles. The van der Waals surface area contributed by atoms with Crippen molar-refractivity contribution in [2.24, 2.45) is 0 Å². The molecule has 0 bridgehead atoms. The van der Waals surface area contributed by atoms with Crippen molar-refractivity contribution in [3.05, 3.63) is 94.6 Å². The summed E-state index contributed by atoms with van der Waals surface area (Å²) in [6.07, 6.45) is 4.08. The summed E-state index contributed by atoms with van der Waals surface area (Å²) >= 11 is 0. The quantitative estimate of drug-likeness (QED) is 0.756. The van der Waals surface area contributed by atoms with Crippen molar-refractivity contribution in [1.82, 2.24) is 0 Å². The Kier molecular flexibility index (Phi) is 3.40. The molecule has 0 unspecified atom stereocenters. The Labute approximate surface area is 125 Å². The average molecular weight is 272 g/mol. The van der Waals surface area contributed by atoms with Gasteiger partial charge in [-0.3, -0.25) is 0 Å². The van der Waals surface area contributed by atoms with Crippen LogP contribution in [-0.4, -0.2) is 7.11 Å². The van der Waals surface area contributed by atoms with Crippen LogP contribution in [0.1, 0.15) is 16.7 Å². The fourth-order valence-electron chi connectivity index (χ4n) is 2.65. The smallest absolute Gasteiger partial charge is 0.118 e. The van der Waals surface area contributed by atoms with E-state index in [1.54, 1.807) is 7.11 Å². The van der Waals surface area contributed by atoms with Gasteiger partial charge < -0.3 is 4.74 Å². The summed E-state index contributed by atoms with van der Waals surface area (Å²) in [6.45, 7) is 2.10. The van der Waals surface area contributed by atoms with E-state index >= 15 is 0 Å². The highest BCUT2D eigenvalue weighted by molar-refractivity contribution is 5.51. The lowest BCUT2D eigenvalue weighted by Gasteiger charge is -2.28. The SMILES string of the molecule is COc1ccc(C2(c3cccc(C)c3)C=C=C=C=C2)cc1. The first kappa shape index (κ1) is 13.3. The van der Waals surface area contributed by atoms with E-state index in [0.717, 1.165) is 11.3 Å². The molecule has 0 spiro atoms. The molecule has 0 heterocycles. The van der Waals surface area contributed by atoms with Crippen LogP contribution >= 0.6 is 0 Å². The molecule has 1 nitrogen and oxygen atoms in total. The average Bonchev–Trinajstić information content (AvgIpc) is 2.55. The Bertz CT molecular complexity index is 774. The van der Waals surface area contributed by atoms with E-state index in [-0.39, 0.29) is 5.41 Å². The summed E-state index contributed by atoms with van der Waals surface area (Å²) in [4.78, 5) is 0. The molecule has 1 heteroatoms. The maximum Gasteiger partial charge on any atom is 0.118 e. The van der Waals surface area contributed by atoms with E-state index in [2.05, 4.69) is 60.5 Å². The van der Waals surface area contributed by atoms with Gasteiger partial charge in [0, 0.05) is 0 Å². The van der Waals surface area contributed by atoms with Crippen molar-refractivity contribution in [3.8, 4) is 5.75 Å². The number of aryl methyl sites for hydroxylation is 1. The molecule has 0 amide bonds. The summed E-state index contributed by atoms with van der Waals surface area (Å²) < 4.78 is 5.25. The molecule has 21 heavy (non-hydrogen) atoms. The molecule has 102 valence electrons. The van der Waals surface area contributed by atoms with Crippen LogP contribution in [0.3, 0.4) is 0 Å². The molecule has 0 N–H and O–H groups in total. The number of benzene rings is 2. The van der Waals surface area contributed by atoms with E-state index < -0.39 is 0 Å². The van der Waals surface area contributed by atoms with Crippen LogP contribution in [0.5, 0.6) is 5.75 Å². The third-order valence-corrected chi connectivity index (χ3v) is 3.81. The van der Waals surface area contributed by atoms with Gasteiger partial charge in [0.05, 0.1) is 12.5 Å². The second kappa shape index (κ2) is 5.37. The van der Waals surface area contributed by atoms with Gasteiger partial charge in [0.25, 0.3) is 0 Å². The van der Waals surface area contributed by atoms with Crippen molar-refractivity contribution in [1.29, 1.82) is 0 Å². The summed E-state index contributed by atoms with van der Waals surface area (Å²) in [6, 6.07) is 16.7. The zero-order valence-corrected chi connectivity index (χ0v) is 12.2. The van der Waals surface area contributed by atoms with E-state index in [0.29, 0.717) is 0 Å². The van der Waals surface area contributed by atoms with Crippen LogP contribution in [0.15, 0.2) is 77.9 Å². The minimum absolute atomic E-state index is 0.344. The standard InChI is InChI=1S/C20H16O/c1-16-7-6-8-18(15-16)20(13-4-3-5-14-20)17-9-11-19(21-2)12-10-17/h6-15H,1-2H3. The number of hydrogen-bond donors (Lipinski definition) is 0. The Morgan fingerprint density at radius 2 is 1.62 bits per heavy atom. The van der Waals surface area contributed by atoms with Crippen LogP contribution in [0.4, 0.5) is 0 Å². The Balaban J connectivity index is 2.18. The lowest BCUT2D eigenvalue weighted by Crippen LogP contribution is -2.22. The monoisotopic (exact) mass is 272 g/mol. The topological polar surface area (TPSA) is 9.23 Å². The maximum absolute atomic E-state index is 5.25. The molecule has 0 aromatic heterocycles. The third-order valence-electron chi connectivity index (χ3n) is 3.81. The van der Waals surface area contributed by atoms with Crippen molar-refractivity contribution < 1.29 is 4.74 Å². The molecule has 2 aromatic rings. The Morgan fingerprint density at radius 1 is 0.905 bits per heavy atom. The van der Waals surface area contributed by atoms with Gasteiger partial charge in [-0.25, -0.2) is 0 Å². The number of hydrogen-bond acceptors (Lipinski definition) is 1. The lowest BCUT2D eigenvalue weighted by atomic mass is 9.73. The maximum atomic E-state index is 5.25. The van der Waals surface area contributed by atoms with Crippen molar-refractivity contribution in [3.63, 3.8) is 0 Å². The van der Waals surface area contributed by atoms with Gasteiger partial charge in [-0.15, -0.1) is 0 Å². The van der Waals surface area contributed by atoms with Crippen LogP contribution in [-0.2, 0) is 5.41 Å². The van der Waals surface area contributed by atoms with Gasteiger partial charge in [-0.05, 0) is 48.1 Å². The zero-order valence-electron chi connectivity index (χ0n) is 12.2. The first-order valence-electron chi connectivity index (χ1n) is 6.91. The highest BCUT2D eigenvalue weighted by Crippen LogP contribution is 2.36. The lowest BCUT2D eigenvalue weighted by molar-refractivity contribution is 0.414. The van der Waals surface area contributed by atoms with Gasteiger partial charge in [0.1, 0.15) is 5.75 Å². The molecule has 0 atom stereocenters. The zero-order chi connectivity index (χ0) is 14.7. The first-order valence-corrected chi connectivity index (χ1v) is 6.91. The van der Waals surface area contributed by atoms with Crippen LogP contribution < -0.4 is 4.74 Å². The van der Waals surface area contributed by atoms with E-state index in [1.165, 1.54) is 11.1 Å². The fraction of sp³-hybridized carbons (Fsp3) is 0.150. The molecular weight excluding hydrogens is 256 g/mol. The summed E-state index contributed by atoms with van der Waals surface area (Å²) in [5.41, 5.74) is 12.3. The number of allylic oxidation sites excluding steroid dienone is 2. The minimum Gasteiger partial charge on any atom is -0.497 e. The van der Waals surface area contributed by atoms with E-state index in [1.807, 2.05) is 24.3 Å². The van der Waals surface area contributed by atoms with Crippen LogP contribution in [0, 0.1) is 6.92 Å². The number of rotatable bonds is 3. The van der Waals surface area contributed by atoms with Crippen LogP contribution in [0.25, 0.3) is 0 Å². The van der Waals surface area contributed by atoms with Gasteiger partial charge in [0.2, 0.25) is 0 Å². The predicted molar refractivity (Wildman–Crippen MR) is 84.6 cm³/mol. The van der Waals surface area contributed by atoms with Gasteiger partial charge in [0.15, 0.2) is 0 Å². The summed E-state index contributed by atoms with van der Waals surface area (Å²) in [7, 11) is 1.68. The second-order valence-corrected chi connectivity index (χ2v) is 5.17. The molecule has 0 radical (unpaired) electrons. The highest BCUT2D eigenvalue weighted by atomic mass is 16.5. The number of ether oxygens (including phenoxy) is 1. The van der Waals surface area contributed by atoms with Crippen molar-refractivity contribution in [2.45, 2.75) is 12.3 Å². The molecule has 0 fully saturated rings. The summed E-state index contributed by atoms with van der Waals surface area (Å²) in [5, 5.41) is 0. The first-order chi connectivity index (χ1) is 10.2. The van der Waals surface area contributed by atoms with Gasteiger partial charge in [-0.2, -0.15) is 0 Å². The van der Waals surface area contributed by atoms with E-state index in [9.17, 15) is 0 Å². The molecule has 3 rings (SSSR count). The van der Waals surface area contributed by atoms with Crippen molar-refractivity contribution >= 4 is 0 Å². The summed E-state index contributed by atoms with van der Waals surface area (Å²) in [5.74, 6) is 0.855. The van der Waals surface area contributed by atoms with Crippen molar-refractivity contribution in [2.75, 3.05) is 7.11 Å². The second-order valence-electron chi connectivity index (χ2n) is 5.17. The van der Waals surface area contributed by atoms with Gasteiger partial charge >= 0.3 is 0 Å². The number of methoxy groups -OCH3 is 1. The highest BCUT2D eigenvalue weighted by Gasteiger charge is 2.30. The fourth-order valence-corrected chi connectivity index (χ4v) is 2.65.